The molecule has 2 aromatic heterocycles. The van der Waals surface area contributed by atoms with Gasteiger partial charge in [0.2, 0.25) is 0 Å². The van der Waals surface area contributed by atoms with Crippen molar-refractivity contribution in [1.82, 2.24) is 9.97 Å². The van der Waals surface area contributed by atoms with Gasteiger partial charge in [0.15, 0.2) is 0 Å². The predicted octanol–water partition coefficient (Wildman–Crippen LogP) is 7.48. The first-order valence-electron chi connectivity index (χ1n) is 9.82. The van der Waals surface area contributed by atoms with Gasteiger partial charge in [0.1, 0.15) is 6.33 Å². The summed E-state index contributed by atoms with van der Waals surface area (Å²) < 4.78 is 1.28. The zero-order chi connectivity index (χ0) is 20.0. The van der Waals surface area contributed by atoms with Crippen molar-refractivity contribution in [3.05, 3.63) is 84.0 Å². The van der Waals surface area contributed by atoms with Gasteiger partial charge in [-0.05, 0) is 62.8 Å². The molecule has 0 unspecified atom stereocenters. The molecule has 0 spiro atoms. The summed E-state index contributed by atoms with van der Waals surface area (Å²) >= 11 is 1.76. The van der Waals surface area contributed by atoms with Crippen molar-refractivity contribution >= 4 is 32.2 Å². The van der Waals surface area contributed by atoms with Crippen molar-refractivity contribution in [2.45, 2.75) is 26.2 Å². The van der Waals surface area contributed by atoms with Crippen molar-refractivity contribution in [2.75, 3.05) is 0 Å². The molecule has 3 aromatic carbocycles. The van der Waals surface area contributed by atoms with E-state index < -0.39 is 0 Å². The van der Waals surface area contributed by atoms with Crippen molar-refractivity contribution in [3.8, 4) is 22.5 Å². The first-order chi connectivity index (χ1) is 14.0. The van der Waals surface area contributed by atoms with Crippen LogP contribution in [0.1, 0.15) is 26.3 Å². The monoisotopic (exact) mass is 394 g/mol. The smallest absolute Gasteiger partial charge is 0.116 e. The Balaban J connectivity index is 1.66. The molecule has 5 rings (SSSR count). The van der Waals surface area contributed by atoms with Crippen LogP contribution < -0.4 is 0 Å². The average Bonchev–Trinajstić information content (AvgIpc) is 3.20. The topological polar surface area (TPSA) is 25.8 Å². The molecule has 29 heavy (non-hydrogen) atoms. The molecule has 2 heterocycles. The molecule has 0 saturated heterocycles. The highest BCUT2D eigenvalue weighted by Crippen LogP contribution is 2.35. The summed E-state index contributed by atoms with van der Waals surface area (Å²) in [5, 5.41) is 5.96. The SMILES string of the molecule is CC(C)(C)c1cc(-c2cc(-c3ccc4ccsc4c3)ncn2)cc2ccccc12. The molecule has 0 saturated carbocycles. The fourth-order valence-corrected chi connectivity index (χ4v) is 4.69. The minimum Gasteiger partial charge on any atom is -0.236 e. The maximum Gasteiger partial charge on any atom is 0.116 e. The van der Waals surface area contributed by atoms with Gasteiger partial charge in [-0.1, -0.05) is 57.2 Å². The van der Waals surface area contributed by atoms with Gasteiger partial charge < -0.3 is 0 Å². The van der Waals surface area contributed by atoms with E-state index in [2.05, 4.69) is 103 Å². The molecule has 0 aliphatic rings. The van der Waals surface area contributed by atoms with E-state index in [4.69, 9.17) is 0 Å². The van der Waals surface area contributed by atoms with E-state index in [9.17, 15) is 0 Å². The second-order valence-corrected chi connectivity index (χ2v) is 9.40. The minimum atomic E-state index is 0.0513. The lowest BCUT2D eigenvalue weighted by molar-refractivity contribution is 0.596. The van der Waals surface area contributed by atoms with Gasteiger partial charge in [0, 0.05) is 15.8 Å². The predicted molar refractivity (Wildman–Crippen MR) is 124 cm³/mol. The molecule has 0 aliphatic heterocycles. The van der Waals surface area contributed by atoms with Crippen LogP contribution in [0.2, 0.25) is 0 Å². The number of hydrogen-bond acceptors (Lipinski definition) is 3. The van der Waals surface area contributed by atoms with Gasteiger partial charge in [-0.2, -0.15) is 0 Å². The van der Waals surface area contributed by atoms with Crippen molar-refractivity contribution in [1.29, 1.82) is 0 Å². The molecule has 3 heteroatoms. The Labute approximate surface area is 174 Å². The van der Waals surface area contributed by atoms with Crippen LogP contribution in [0.3, 0.4) is 0 Å². The van der Waals surface area contributed by atoms with E-state index in [0.717, 1.165) is 22.5 Å². The summed E-state index contributed by atoms with van der Waals surface area (Å²) in [6, 6.07) is 23.9. The van der Waals surface area contributed by atoms with Crippen LogP contribution >= 0.6 is 11.3 Å². The number of rotatable bonds is 2. The number of hydrogen-bond donors (Lipinski definition) is 0. The third-order valence-corrected chi connectivity index (χ3v) is 6.26. The summed E-state index contributed by atoms with van der Waals surface area (Å²) in [7, 11) is 0. The normalized spacial score (nSPS) is 12.0. The molecule has 0 fully saturated rings. The fourth-order valence-electron chi connectivity index (χ4n) is 3.87. The largest absolute Gasteiger partial charge is 0.236 e. The average molecular weight is 395 g/mol. The molecule has 5 aromatic rings. The van der Waals surface area contributed by atoms with Crippen molar-refractivity contribution < 1.29 is 0 Å². The van der Waals surface area contributed by atoms with E-state index in [1.54, 1.807) is 17.7 Å². The molecule has 0 aliphatic carbocycles. The fraction of sp³-hybridized carbons (Fsp3) is 0.154. The molecule has 0 bridgehead atoms. The van der Waals surface area contributed by atoms with Crippen LogP contribution in [0.25, 0.3) is 43.4 Å². The van der Waals surface area contributed by atoms with Crippen LogP contribution in [-0.4, -0.2) is 9.97 Å². The van der Waals surface area contributed by atoms with Gasteiger partial charge in [0.25, 0.3) is 0 Å². The zero-order valence-corrected chi connectivity index (χ0v) is 17.6. The first-order valence-corrected chi connectivity index (χ1v) is 10.7. The Kier molecular flexibility index (Phi) is 4.21. The van der Waals surface area contributed by atoms with E-state index in [1.165, 1.54) is 26.4 Å². The second-order valence-electron chi connectivity index (χ2n) is 8.46. The molecule has 2 nitrogen and oxygen atoms in total. The van der Waals surface area contributed by atoms with Gasteiger partial charge in [-0.15, -0.1) is 11.3 Å². The van der Waals surface area contributed by atoms with E-state index >= 15 is 0 Å². The molecule has 142 valence electrons. The summed E-state index contributed by atoms with van der Waals surface area (Å²) in [5.41, 5.74) is 5.56. The van der Waals surface area contributed by atoms with E-state index in [0.29, 0.717) is 0 Å². The standard InChI is InChI=1S/C26H22N2S/c1-26(2,3)22-13-20(12-18-6-4-5-7-21(18)22)24-15-23(27-16-28-24)19-9-8-17-10-11-29-25(17)14-19/h4-16H,1-3H3. The third-order valence-electron chi connectivity index (χ3n) is 5.38. The van der Waals surface area contributed by atoms with Crippen LogP contribution in [0.5, 0.6) is 0 Å². The van der Waals surface area contributed by atoms with E-state index in [-0.39, 0.29) is 5.41 Å². The Morgan fingerprint density at radius 1 is 0.724 bits per heavy atom. The van der Waals surface area contributed by atoms with Crippen molar-refractivity contribution in [3.63, 3.8) is 0 Å². The maximum absolute atomic E-state index is 4.61. The van der Waals surface area contributed by atoms with Gasteiger partial charge in [-0.3, -0.25) is 0 Å². The zero-order valence-electron chi connectivity index (χ0n) is 16.8. The molecule has 0 radical (unpaired) electrons. The first kappa shape index (κ1) is 18.0. The number of thiophene rings is 1. The highest BCUT2D eigenvalue weighted by atomic mass is 32.1. The Hall–Kier alpha value is -3.04. The third kappa shape index (κ3) is 3.32. The van der Waals surface area contributed by atoms with Gasteiger partial charge >= 0.3 is 0 Å². The molecular weight excluding hydrogens is 372 g/mol. The van der Waals surface area contributed by atoms with Crippen LogP contribution in [0.15, 0.2) is 78.4 Å². The second kappa shape index (κ2) is 6.78. The lowest BCUT2D eigenvalue weighted by Gasteiger charge is -2.22. The summed E-state index contributed by atoms with van der Waals surface area (Å²) in [6.45, 7) is 6.79. The number of aromatic nitrogens is 2. The van der Waals surface area contributed by atoms with Crippen LogP contribution in [0, 0.1) is 0 Å². The summed E-state index contributed by atoms with van der Waals surface area (Å²) in [4.78, 5) is 9.16. The maximum atomic E-state index is 4.61. The quantitative estimate of drug-likeness (QED) is 0.310. The minimum absolute atomic E-state index is 0.0513. The Morgan fingerprint density at radius 3 is 2.34 bits per heavy atom. The number of nitrogens with zero attached hydrogens (tertiary/aromatic N) is 2. The molecule has 0 N–H and O–H groups in total. The van der Waals surface area contributed by atoms with Gasteiger partial charge in [-0.25, -0.2) is 9.97 Å². The summed E-state index contributed by atoms with van der Waals surface area (Å²) in [6.07, 6.45) is 1.68. The summed E-state index contributed by atoms with van der Waals surface area (Å²) in [5.74, 6) is 0. The van der Waals surface area contributed by atoms with Crippen molar-refractivity contribution in [2.24, 2.45) is 0 Å². The van der Waals surface area contributed by atoms with E-state index in [1.807, 2.05) is 0 Å². The lowest BCUT2D eigenvalue weighted by atomic mass is 9.82. The highest BCUT2D eigenvalue weighted by Gasteiger charge is 2.18. The van der Waals surface area contributed by atoms with Crippen LogP contribution in [0.4, 0.5) is 0 Å². The molecule has 0 atom stereocenters. The Morgan fingerprint density at radius 2 is 1.52 bits per heavy atom. The van der Waals surface area contributed by atoms with Gasteiger partial charge in [0.05, 0.1) is 11.4 Å². The molecular formula is C26H22N2S. The highest BCUT2D eigenvalue weighted by molar-refractivity contribution is 7.17. The number of benzene rings is 3. The lowest BCUT2D eigenvalue weighted by Crippen LogP contribution is -2.12. The molecule has 0 amide bonds. The van der Waals surface area contributed by atoms with Crippen LogP contribution in [-0.2, 0) is 5.41 Å². The Bertz CT molecular complexity index is 1340. The number of fused-ring (bicyclic) bond motifs is 2.